The first-order valence-corrected chi connectivity index (χ1v) is 8.36. The van der Waals surface area contributed by atoms with Gasteiger partial charge in [0.2, 0.25) is 5.56 Å². The summed E-state index contributed by atoms with van der Waals surface area (Å²) in [5.74, 6) is 0. The number of anilines is 2. The van der Waals surface area contributed by atoms with Gasteiger partial charge in [0.15, 0.2) is 0 Å². The van der Waals surface area contributed by atoms with Crippen LogP contribution in [0.5, 0.6) is 0 Å². The molecular formula is C19H23N3O3. The number of amides is 1. The molecule has 0 atom stereocenters. The minimum absolute atomic E-state index is 0.142. The van der Waals surface area contributed by atoms with Gasteiger partial charge in [-0.25, -0.2) is 4.79 Å². The smallest absolute Gasteiger partial charge is 0.410 e. The van der Waals surface area contributed by atoms with Gasteiger partial charge in [0.1, 0.15) is 5.60 Å². The molecule has 0 saturated carbocycles. The zero-order valence-electron chi connectivity index (χ0n) is 14.8. The van der Waals surface area contributed by atoms with E-state index in [-0.39, 0.29) is 11.7 Å². The fourth-order valence-electron chi connectivity index (χ4n) is 2.82. The zero-order valence-corrected chi connectivity index (χ0v) is 14.8. The number of fused-ring (bicyclic) bond motifs is 1. The van der Waals surface area contributed by atoms with Gasteiger partial charge >= 0.3 is 6.09 Å². The van der Waals surface area contributed by atoms with Crippen LogP contribution in [0.4, 0.5) is 16.2 Å². The largest absolute Gasteiger partial charge is 0.444 e. The lowest BCUT2D eigenvalue weighted by Gasteiger charge is -2.32. The van der Waals surface area contributed by atoms with E-state index in [2.05, 4.69) is 16.4 Å². The van der Waals surface area contributed by atoms with Crippen LogP contribution in [0.25, 0.3) is 0 Å². The highest BCUT2D eigenvalue weighted by Gasteiger charge is 2.26. The van der Waals surface area contributed by atoms with Gasteiger partial charge in [-0.15, -0.1) is 0 Å². The molecule has 3 rings (SSSR count). The Labute approximate surface area is 146 Å². The molecule has 132 valence electrons. The van der Waals surface area contributed by atoms with Crippen molar-refractivity contribution in [2.24, 2.45) is 0 Å². The lowest BCUT2D eigenvalue weighted by molar-refractivity contribution is 0.0224. The number of carbonyl (C=O) groups excluding carboxylic acids is 1. The Kier molecular flexibility index (Phi) is 4.53. The molecule has 2 heterocycles. The number of H-pyrrole nitrogens is 1. The van der Waals surface area contributed by atoms with Gasteiger partial charge in [-0.1, -0.05) is 12.1 Å². The van der Waals surface area contributed by atoms with Crippen molar-refractivity contribution in [3.05, 3.63) is 58.0 Å². The Morgan fingerprint density at radius 1 is 1.24 bits per heavy atom. The number of pyridine rings is 1. The first-order chi connectivity index (χ1) is 11.8. The summed E-state index contributed by atoms with van der Waals surface area (Å²) in [4.78, 5) is 27.9. The second kappa shape index (κ2) is 6.63. The maximum atomic E-state index is 12.4. The summed E-state index contributed by atoms with van der Waals surface area (Å²) < 4.78 is 5.49. The van der Waals surface area contributed by atoms with Gasteiger partial charge in [-0.3, -0.25) is 4.79 Å². The monoisotopic (exact) mass is 341 g/mol. The summed E-state index contributed by atoms with van der Waals surface area (Å²) in [6, 6.07) is 9.26. The van der Waals surface area contributed by atoms with Crippen LogP contribution < -0.4 is 10.9 Å². The minimum Gasteiger partial charge on any atom is -0.444 e. The molecule has 1 aromatic heterocycles. The predicted molar refractivity (Wildman–Crippen MR) is 97.1 cm³/mol. The number of aromatic amines is 1. The standard InChI is InChI=1S/C19H23N3O3/c1-19(2,3)25-18(24)22-10-9-13-5-4-6-16(15(13)12-22)21-14-7-8-17(23)20-11-14/h4-8,11,21H,9-10,12H2,1-3H3,(H,20,23). The highest BCUT2D eigenvalue weighted by atomic mass is 16.6. The van der Waals surface area contributed by atoms with E-state index in [4.69, 9.17) is 4.74 Å². The van der Waals surface area contributed by atoms with Crippen molar-refractivity contribution in [3.8, 4) is 0 Å². The van der Waals surface area contributed by atoms with E-state index in [1.165, 1.54) is 11.6 Å². The van der Waals surface area contributed by atoms with E-state index in [0.29, 0.717) is 13.1 Å². The van der Waals surface area contributed by atoms with Crippen molar-refractivity contribution in [1.29, 1.82) is 0 Å². The summed E-state index contributed by atoms with van der Waals surface area (Å²) in [5.41, 5.74) is 3.36. The molecule has 0 unspecified atom stereocenters. The Bertz CT molecular complexity index is 816. The lowest BCUT2D eigenvalue weighted by atomic mass is 9.98. The molecule has 1 amide bonds. The fourth-order valence-corrected chi connectivity index (χ4v) is 2.82. The molecule has 1 aliphatic heterocycles. The van der Waals surface area contributed by atoms with Crippen LogP contribution in [0, 0.1) is 0 Å². The average Bonchev–Trinajstić information content (AvgIpc) is 2.55. The summed E-state index contributed by atoms with van der Waals surface area (Å²) in [5, 5.41) is 3.32. The highest BCUT2D eigenvalue weighted by Crippen LogP contribution is 2.29. The molecule has 1 aliphatic rings. The normalized spacial score (nSPS) is 14.0. The molecule has 2 aromatic rings. The fraction of sp³-hybridized carbons (Fsp3) is 0.368. The van der Waals surface area contributed by atoms with E-state index >= 15 is 0 Å². The molecule has 0 saturated heterocycles. The molecule has 25 heavy (non-hydrogen) atoms. The van der Waals surface area contributed by atoms with Crippen LogP contribution in [-0.2, 0) is 17.7 Å². The van der Waals surface area contributed by atoms with E-state index in [0.717, 1.165) is 23.4 Å². The van der Waals surface area contributed by atoms with Crippen LogP contribution in [0.1, 0.15) is 31.9 Å². The Balaban J connectivity index is 1.82. The molecule has 6 nitrogen and oxygen atoms in total. The number of ether oxygens (including phenoxy) is 1. The summed E-state index contributed by atoms with van der Waals surface area (Å²) in [6.07, 6.45) is 2.13. The van der Waals surface area contributed by atoms with Crippen molar-refractivity contribution in [1.82, 2.24) is 9.88 Å². The Morgan fingerprint density at radius 2 is 2.04 bits per heavy atom. The third-order valence-electron chi connectivity index (χ3n) is 3.99. The van der Waals surface area contributed by atoms with Gasteiger partial charge in [0.05, 0.1) is 12.2 Å². The van der Waals surface area contributed by atoms with Gasteiger partial charge in [0, 0.05) is 24.5 Å². The van der Waals surface area contributed by atoms with Crippen LogP contribution in [0.15, 0.2) is 41.3 Å². The van der Waals surface area contributed by atoms with Crippen molar-refractivity contribution >= 4 is 17.5 Å². The van der Waals surface area contributed by atoms with Crippen molar-refractivity contribution in [3.63, 3.8) is 0 Å². The number of nitrogens with zero attached hydrogens (tertiary/aromatic N) is 1. The number of nitrogens with one attached hydrogen (secondary N) is 2. The van der Waals surface area contributed by atoms with Crippen molar-refractivity contribution in [2.45, 2.75) is 39.3 Å². The van der Waals surface area contributed by atoms with Gasteiger partial charge < -0.3 is 19.9 Å². The maximum Gasteiger partial charge on any atom is 0.410 e. The zero-order chi connectivity index (χ0) is 18.0. The number of carbonyl (C=O) groups is 1. The molecule has 0 fully saturated rings. The van der Waals surface area contributed by atoms with Crippen LogP contribution >= 0.6 is 0 Å². The molecular weight excluding hydrogens is 318 g/mol. The molecule has 0 radical (unpaired) electrons. The van der Waals surface area contributed by atoms with E-state index in [1.807, 2.05) is 32.9 Å². The second-order valence-electron chi connectivity index (χ2n) is 7.16. The minimum atomic E-state index is -0.509. The van der Waals surface area contributed by atoms with Gasteiger partial charge in [-0.2, -0.15) is 0 Å². The highest BCUT2D eigenvalue weighted by molar-refractivity contribution is 5.71. The number of benzene rings is 1. The number of aromatic nitrogens is 1. The van der Waals surface area contributed by atoms with Crippen molar-refractivity contribution < 1.29 is 9.53 Å². The third kappa shape index (κ3) is 4.21. The van der Waals surface area contributed by atoms with Crippen molar-refractivity contribution in [2.75, 3.05) is 11.9 Å². The summed E-state index contributed by atoms with van der Waals surface area (Å²) >= 11 is 0. The number of hydrogen-bond donors (Lipinski definition) is 2. The quantitative estimate of drug-likeness (QED) is 0.878. The maximum absolute atomic E-state index is 12.4. The van der Waals surface area contributed by atoms with Gasteiger partial charge in [0.25, 0.3) is 0 Å². The summed E-state index contributed by atoms with van der Waals surface area (Å²) in [7, 11) is 0. The molecule has 0 bridgehead atoms. The predicted octanol–water partition coefficient (Wildman–Crippen LogP) is 3.41. The van der Waals surface area contributed by atoms with E-state index in [1.54, 1.807) is 17.2 Å². The van der Waals surface area contributed by atoms with E-state index in [9.17, 15) is 9.59 Å². The average molecular weight is 341 g/mol. The molecule has 1 aromatic carbocycles. The topological polar surface area (TPSA) is 74.4 Å². The van der Waals surface area contributed by atoms with Crippen LogP contribution in [0.2, 0.25) is 0 Å². The molecule has 2 N–H and O–H groups in total. The first-order valence-electron chi connectivity index (χ1n) is 8.36. The molecule has 6 heteroatoms. The molecule has 0 aliphatic carbocycles. The van der Waals surface area contributed by atoms with Gasteiger partial charge in [-0.05, 0) is 50.5 Å². The Morgan fingerprint density at radius 3 is 2.72 bits per heavy atom. The third-order valence-corrected chi connectivity index (χ3v) is 3.99. The Hall–Kier alpha value is -2.76. The molecule has 0 spiro atoms. The number of hydrogen-bond acceptors (Lipinski definition) is 4. The first kappa shape index (κ1) is 17.1. The summed E-state index contributed by atoms with van der Waals surface area (Å²) in [6.45, 7) is 6.74. The van der Waals surface area contributed by atoms with Crippen LogP contribution in [0.3, 0.4) is 0 Å². The van der Waals surface area contributed by atoms with Crippen LogP contribution in [-0.4, -0.2) is 28.1 Å². The number of rotatable bonds is 2. The second-order valence-corrected chi connectivity index (χ2v) is 7.16. The lowest BCUT2D eigenvalue weighted by Crippen LogP contribution is -2.40. The van der Waals surface area contributed by atoms with E-state index < -0.39 is 5.60 Å². The SMILES string of the molecule is CC(C)(C)OC(=O)N1CCc2cccc(Nc3ccc(=O)[nH]c3)c2C1.